The summed E-state index contributed by atoms with van der Waals surface area (Å²) in [5.74, 6) is 0.689. The molecule has 1 saturated carbocycles. The highest BCUT2D eigenvalue weighted by Crippen LogP contribution is 2.24. The zero-order chi connectivity index (χ0) is 10.5. The van der Waals surface area contributed by atoms with Crippen LogP contribution in [0.5, 0.6) is 0 Å². The predicted molar refractivity (Wildman–Crippen MR) is 65.4 cm³/mol. The highest BCUT2D eigenvalue weighted by Gasteiger charge is 2.16. The molecular formula is C14H19N. The third kappa shape index (κ3) is 3.21. The molecule has 0 amide bonds. The fraction of sp³-hybridized carbons (Fsp3) is 0.429. The van der Waals surface area contributed by atoms with E-state index >= 15 is 0 Å². The average molecular weight is 201 g/mol. The first kappa shape index (κ1) is 10.4. The molecule has 0 aromatic heterocycles. The van der Waals surface area contributed by atoms with Gasteiger partial charge in [-0.3, -0.25) is 0 Å². The maximum atomic E-state index is 5.96. The van der Waals surface area contributed by atoms with Crippen LogP contribution in [0.3, 0.4) is 0 Å². The lowest BCUT2D eigenvalue weighted by Gasteiger charge is -2.23. The summed E-state index contributed by atoms with van der Waals surface area (Å²) < 4.78 is 0. The number of hydrogen-bond donors (Lipinski definition) is 1. The highest BCUT2D eigenvalue weighted by atomic mass is 14.6. The van der Waals surface area contributed by atoms with Gasteiger partial charge in [-0.2, -0.15) is 0 Å². The number of benzene rings is 1. The molecule has 1 nitrogen and oxygen atoms in total. The first-order chi connectivity index (χ1) is 7.34. The largest absolute Gasteiger partial charge is 0.328 e. The molecule has 0 radical (unpaired) electrons. The Kier molecular flexibility index (Phi) is 3.57. The monoisotopic (exact) mass is 201 g/mol. The van der Waals surface area contributed by atoms with Crippen LogP contribution in [0.25, 0.3) is 6.08 Å². The molecule has 1 aromatic carbocycles. The van der Waals surface area contributed by atoms with Gasteiger partial charge in [-0.25, -0.2) is 0 Å². The van der Waals surface area contributed by atoms with Crippen molar-refractivity contribution in [1.29, 1.82) is 0 Å². The molecule has 0 spiro atoms. The van der Waals surface area contributed by atoms with E-state index in [1.54, 1.807) is 0 Å². The van der Waals surface area contributed by atoms with Gasteiger partial charge in [0, 0.05) is 6.04 Å². The molecule has 0 saturated heterocycles. The Morgan fingerprint density at radius 1 is 1.13 bits per heavy atom. The van der Waals surface area contributed by atoms with Gasteiger partial charge in [0.1, 0.15) is 0 Å². The van der Waals surface area contributed by atoms with Crippen LogP contribution >= 0.6 is 0 Å². The minimum Gasteiger partial charge on any atom is -0.328 e. The number of nitrogens with two attached hydrogens (primary N) is 1. The molecule has 0 bridgehead atoms. The summed E-state index contributed by atoms with van der Waals surface area (Å²) in [5, 5.41) is 0. The van der Waals surface area contributed by atoms with Crippen molar-refractivity contribution >= 4 is 6.08 Å². The Hall–Kier alpha value is -1.08. The van der Waals surface area contributed by atoms with Gasteiger partial charge in [-0.15, -0.1) is 0 Å². The second-order valence-corrected chi connectivity index (χ2v) is 4.46. The van der Waals surface area contributed by atoms with Gasteiger partial charge in [0.05, 0.1) is 0 Å². The zero-order valence-electron chi connectivity index (χ0n) is 9.10. The van der Waals surface area contributed by atoms with E-state index in [-0.39, 0.29) is 0 Å². The fourth-order valence-electron chi connectivity index (χ4n) is 2.25. The summed E-state index contributed by atoms with van der Waals surface area (Å²) in [4.78, 5) is 0. The zero-order valence-corrected chi connectivity index (χ0v) is 9.10. The van der Waals surface area contributed by atoms with E-state index in [4.69, 9.17) is 5.73 Å². The molecular weight excluding hydrogens is 182 g/mol. The van der Waals surface area contributed by atoms with E-state index in [0.29, 0.717) is 12.0 Å². The molecule has 1 heteroatoms. The second kappa shape index (κ2) is 5.13. The van der Waals surface area contributed by atoms with E-state index < -0.39 is 0 Å². The maximum Gasteiger partial charge on any atom is 0.00444 e. The second-order valence-electron chi connectivity index (χ2n) is 4.46. The van der Waals surface area contributed by atoms with Crippen LogP contribution in [0.15, 0.2) is 36.4 Å². The number of allylic oxidation sites excluding steroid dienone is 1. The number of rotatable bonds is 2. The highest BCUT2D eigenvalue weighted by molar-refractivity contribution is 5.48. The van der Waals surface area contributed by atoms with E-state index in [9.17, 15) is 0 Å². The summed E-state index contributed by atoms with van der Waals surface area (Å²) in [5.41, 5.74) is 7.25. The minimum atomic E-state index is 0.421. The normalized spacial score (nSPS) is 27.0. The van der Waals surface area contributed by atoms with Gasteiger partial charge in [-0.1, -0.05) is 48.9 Å². The molecule has 2 unspecified atom stereocenters. The molecule has 1 aromatic rings. The molecule has 1 aliphatic carbocycles. The van der Waals surface area contributed by atoms with Crippen molar-refractivity contribution in [1.82, 2.24) is 0 Å². The molecule has 2 N–H and O–H groups in total. The molecule has 2 rings (SSSR count). The van der Waals surface area contributed by atoms with Crippen molar-refractivity contribution < 1.29 is 0 Å². The quantitative estimate of drug-likeness (QED) is 0.781. The summed E-state index contributed by atoms with van der Waals surface area (Å²) in [7, 11) is 0. The van der Waals surface area contributed by atoms with E-state index in [2.05, 4.69) is 36.4 Å². The Morgan fingerprint density at radius 3 is 2.67 bits per heavy atom. The lowest BCUT2D eigenvalue weighted by Crippen LogP contribution is -2.26. The Bertz CT molecular complexity index is 315. The third-order valence-corrected chi connectivity index (χ3v) is 3.12. The van der Waals surface area contributed by atoms with Crippen molar-refractivity contribution in [3.8, 4) is 0 Å². The van der Waals surface area contributed by atoms with Crippen LogP contribution in [0, 0.1) is 5.92 Å². The first-order valence-corrected chi connectivity index (χ1v) is 5.83. The van der Waals surface area contributed by atoms with Gasteiger partial charge in [0.25, 0.3) is 0 Å². The molecule has 80 valence electrons. The van der Waals surface area contributed by atoms with Crippen molar-refractivity contribution in [2.75, 3.05) is 0 Å². The van der Waals surface area contributed by atoms with Crippen molar-refractivity contribution in [3.63, 3.8) is 0 Å². The molecule has 15 heavy (non-hydrogen) atoms. The maximum absolute atomic E-state index is 5.96. The smallest absolute Gasteiger partial charge is 0.00444 e. The third-order valence-electron chi connectivity index (χ3n) is 3.12. The first-order valence-electron chi connectivity index (χ1n) is 5.83. The van der Waals surface area contributed by atoms with Crippen LogP contribution in [-0.2, 0) is 0 Å². The van der Waals surface area contributed by atoms with E-state index in [1.165, 1.54) is 24.8 Å². The Labute approximate surface area is 92.0 Å². The molecule has 2 atom stereocenters. The van der Waals surface area contributed by atoms with Gasteiger partial charge in [-0.05, 0) is 30.7 Å². The van der Waals surface area contributed by atoms with E-state index in [0.717, 1.165) is 6.42 Å². The van der Waals surface area contributed by atoms with Crippen molar-refractivity contribution in [2.45, 2.75) is 31.7 Å². The molecule has 0 heterocycles. The van der Waals surface area contributed by atoms with Crippen LogP contribution in [-0.4, -0.2) is 6.04 Å². The minimum absolute atomic E-state index is 0.421. The topological polar surface area (TPSA) is 26.0 Å². The van der Waals surface area contributed by atoms with Crippen molar-refractivity contribution in [2.24, 2.45) is 11.7 Å². The van der Waals surface area contributed by atoms with E-state index in [1.807, 2.05) is 6.07 Å². The lowest BCUT2D eigenvalue weighted by molar-refractivity contribution is 0.373. The van der Waals surface area contributed by atoms with Gasteiger partial charge >= 0.3 is 0 Å². The summed E-state index contributed by atoms with van der Waals surface area (Å²) in [6.45, 7) is 0. The molecule has 1 fully saturated rings. The summed E-state index contributed by atoms with van der Waals surface area (Å²) in [6, 6.07) is 10.9. The van der Waals surface area contributed by atoms with Gasteiger partial charge < -0.3 is 5.73 Å². The fourth-order valence-corrected chi connectivity index (χ4v) is 2.25. The molecule has 0 aliphatic heterocycles. The number of hydrogen-bond acceptors (Lipinski definition) is 1. The van der Waals surface area contributed by atoms with Crippen LogP contribution < -0.4 is 5.73 Å². The lowest BCUT2D eigenvalue weighted by atomic mass is 9.86. The Morgan fingerprint density at radius 2 is 1.93 bits per heavy atom. The SMILES string of the molecule is NC1CCCC(C=Cc2ccccc2)C1. The average Bonchev–Trinajstić information content (AvgIpc) is 2.28. The van der Waals surface area contributed by atoms with Gasteiger partial charge in [0.2, 0.25) is 0 Å². The Balaban J connectivity index is 1.93. The summed E-state index contributed by atoms with van der Waals surface area (Å²) >= 11 is 0. The van der Waals surface area contributed by atoms with Crippen LogP contribution in [0.4, 0.5) is 0 Å². The van der Waals surface area contributed by atoms with Gasteiger partial charge in [0.15, 0.2) is 0 Å². The van der Waals surface area contributed by atoms with Crippen LogP contribution in [0.2, 0.25) is 0 Å². The standard InChI is InChI=1S/C14H19N/c15-14-8-4-7-13(11-14)10-9-12-5-2-1-3-6-12/h1-3,5-6,9-10,13-14H,4,7-8,11,15H2. The van der Waals surface area contributed by atoms with Crippen LogP contribution in [0.1, 0.15) is 31.2 Å². The summed E-state index contributed by atoms with van der Waals surface area (Å²) in [6.07, 6.45) is 9.50. The van der Waals surface area contributed by atoms with Crippen molar-refractivity contribution in [3.05, 3.63) is 42.0 Å². The predicted octanol–water partition coefficient (Wildman–Crippen LogP) is 3.22. The molecule has 1 aliphatic rings.